The van der Waals surface area contributed by atoms with E-state index >= 15 is 0 Å². The molecular formula is C28H28N6O5. The Labute approximate surface area is 223 Å². The zero-order valence-electron chi connectivity index (χ0n) is 21.6. The highest BCUT2D eigenvalue weighted by Gasteiger charge is 2.34. The number of nitrogens with one attached hydrogen (secondary N) is 2. The van der Waals surface area contributed by atoms with E-state index in [-0.39, 0.29) is 29.6 Å². The van der Waals surface area contributed by atoms with Crippen molar-refractivity contribution in [3.8, 4) is 5.75 Å². The first-order chi connectivity index (χ1) is 18.9. The molecule has 39 heavy (non-hydrogen) atoms. The molecule has 200 valence electrons. The average molecular weight is 529 g/mol. The van der Waals surface area contributed by atoms with Crippen LogP contribution in [-0.4, -0.2) is 63.9 Å². The first-order valence-electron chi connectivity index (χ1n) is 12.9. The van der Waals surface area contributed by atoms with E-state index in [4.69, 9.17) is 9.15 Å². The molecule has 1 fully saturated rings. The third kappa shape index (κ3) is 4.71. The lowest BCUT2D eigenvalue weighted by molar-refractivity contribution is 0.103. The molecule has 0 saturated carbocycles. The summed E-state index contributed by atoms with van der Waals surface area (Å²) in [7, 11) is 1.64. The second-order valence-electron chi connectivity index (χ2n) is 9.93. The standard InChI is InChI=1S/C28H28N6O5/c1-16-11-19(34-9-7-17-12-20(38-2)4-6-21(17)31-27(34)36)8-10-33(16)25-14-23(29-15-30-25)26(35)18-3-5-22-24(13-18)39-28(37)32-22/h3-6,12-16,19H,7-11H2,1-2H3,(H,31,36)(H,32,37). The maximum absolute atomic E-state index is 13.2. The van der Waals surface area contributed by atoms with Gasteiger partial charge in [-0.1, -0.05) is 0 Å². The van der Waals surface area contributed by atoms with Gasteiger partial charge in [0.15, 0.2) is 5.58 Å². The lowest BCUT2D eigenvalue weighted by atomic mass is 9.96. The second kappa shape index (κ2) is 9.90. The van der Waals surface area contributed by atoms with Crippen LogP contribution in [-0.2, 0) is 6.42 Å². The van der Waals surface area contributed by atoms with Crippen LogP contribution in [0.15, 0.2) is 58.0 Å². The van der Waals surface area contributed by atoms with Gasteiger partial charge in [-0.15, -0.1) is 0 Å². The molecule has 11 nitrogen and oxygen atoms in total. The minimum atomic E-state index is -0.571. The van der Waals surface area contributed by atoms with Crippen LogP contribution in [0, 0.1) is 0 Å². The van der Waals surface area contributed by atoms with Gasteiger partial charge < -0.3 is 24.3 Å². The van der Waals surface area contributed by atoms with Gasteiger partial charge in [0.2, 0.25) is 5.78 Å². The quantitative estimate of drug-likeness (QED) is 0.376. The van der Waals surface area contributed by atoms with Crippen molar-refractivity contribution in [3.63, 3.8) is 0 Å². The Balaban J connectivity index is 1.16. The summed E-state index contributed by atoms with van der Waals surface area (Å²) in [6, 6.07) is 12.3. The molecule has 4 heterocycles. The van der Waals surface area contributed by atoms with Crippen molar-refractivity contribution in [2.45, 2.75) is 38.3 Å². The van der Waals surface area contributed by atoms with Gasteiger partial charge in [0.05, 0.1) is 12.6 Å². The number of nitrogens with zero attached hydrogens (tertiary/aromatic N) is 4. The smallest absolute Gasteiger partial charge is 0.417 e. The number of piperidine rings is 1. The number of carbonyl (C=O) groups excluding carboxylic acids is 2. The maximum atomic E-state index is 13.2. The largest absolute Gasteiger partial charge is 0.497 e. The number of hydrogen-bond donors (Lipinski definition) is 2. The Hall–Kier alpha value is -4.67. The molecule has 2 aliphatic rings. The molecule has 2 unspecified atom stereocenters. The number of H-pyrrole nitrogens is 1. The second-order valence-corrected chi connectivity index (χ2v) is 9.93. The van der Waals surface area contributed by atoms with Crippen LogP contribution in [0.25, 0.3) is 11.1 Å². The molecule has 0 spiro atoms. The van der Waals surface area contributed by atoms with Gasteiger partial charge in [0.25, 0.3) is 0 Å². The molecule has 2 amide bonds. The first-order valence-corrected chi connectivity index (χ1v) is 12.9. The van der Waals surface area contributed by atoms with Gasteiger partial charge >= 0.3 is 11.8 Å². The van der Waals surface area contributed by atoms with Gasteiger partial charge in [-0.2, -0.15) is 0 Å². The van der Waals surface area contributed by atoms with Crippen LogP contribution in [0.3, 0.4) is 0 Å². The number of urea groups is 1. The fraction of sp³-hybridized carbons (Fsp3) is 0.321. The van der Waals surface area contributed by atoms with Gasteiger partial charge in [-0.3, -0.25) is 9.78 Å². The Morgan fingerprint density at radius 2 is 1.95 bits per heavy atom. The van der Waals surface area contributed by atoms with E-state index in [0.717, 1.165) is 36.3 Å². The summed E-state index contributed by atoms with van der Waals surface area (Å²) in [6.07, 6.45) is 3.68. The van der Waals surface area contributed by atoms with Crippen LogP contribution in [0.4, 0.5) is 16.3 Å². The highest BCUT2D eigenvalue weighted by Crippen LogP contribution is 2.30. The molecule has 11 heteroatoms. The molecule has 2 aromatic heterocycles. The molecule has 2 N–H and O–H groups in total. The molecular weight excluding hydrogens is 500 g/mol. The van der Waals surface area contributed by atoms with Crippen molar-refractivity contribution in [2.24, 2.45) is 0 Å². The number of ether oxygens (including phenoxy) is 1. The minimum Gasteiger partial charge on any atom is -0.497 e. The number of aromatic nitrogens is 3. The number of rotatable bonds is 5. The number of amides is 2. The predicted molar refractivity (Wildman–Crippen MR) is 145 cm³/mol. The van der Waals surface area contributed by atoms with E-state index in [1.54, 1.807) is 25.3 Å². The zero-order chi connectivity index (χ0) is 27.1. The normalized spacial score (nSPS) is 19.4. The van der Waals surface area contributed by atoms with Gasteiger partial charge in [-0.05, 0) is 68.1 Å². The Morgan fingerprint density at radius 3 is 2.77 bits per heavy atom. The highest BCUT2D eigenvalue weighted by molar-refractivity contribution is 6.09. The van der Waals surface area contributed by atoms with Crippen LogP contribution in [0.2, 0.25) is 0 Å². The molecule has 2 aliphatic heterocycles. The van der Waals surface area contributed by atoms with E-state index in [2.05, 4.69) is 32.1 Å². The topological polar surface area (TPSA) is 134 Å². The number of methoxy groups -OCH3 is 1. The summed E-state index contributed by atoms with van der Waals surface area (Å²) >= 11 is 0. The SMILES string of the molecule is COc1ccc2c(c1)CCN(C1CCN(c3cc(C(=O)c4ccc5[nH]c(=O)oc5c4)ncn3)C(C)C1)C(=O)N2. The number of benzene rings is 2. The van der Waals surface area contributed by atoms with Crippen molar-refractivity contribution in [3.05, 3.63) is 76.2 Å². The van der Waals surface area contributed by atoms with Crippen LogP contribution in [0.1, 0.15) is 41.4 Å². The molecule has 0 bridgehead atoms. The molecule has 0 aliphatic carbocycles. The molecule has 1 saturated heterocycles. The lowest BCUT2D eigenvalue weighted by Crippen LogP contribution is -2.52. The van der Waals surface area contributed by atoms with Crippen molar-refractivity contribution in [1.82, 2.24) is 19.9 Å². The Kier molecular flexibility index (Phi) is 6.26. The molecule has 6 rings (SSSR count). The van der Waals surface area contributed by atoms with E-state index in [9.17, 15) is 14.4 Å². The van der Waals surface area contributed by atoms with Crippen LogP contribution in [0.5, 0.6) is 5.75 Å². The number of anilines is 2. The van der Waals surface area contributed by atoms with E-state index in [0.29, 0.717) is 35.6 Å². The minimum absolute atomic E-state index is 0.0816. The summed E-state index contributed by atoms with van der Waals surface area (Å²) in [6.45, 7) is 3.41. The number of fused-ring (bicyclic) bond motifs is 2. The number of hydrogen-bond acceptors (Lipinski definition) is 8. The van der Waals surface area contributed by atoms with Crippen molar-refractivity contribution < 1.29 is 18.7 Å². The Bertz CT molecular complexity index is 1630. The maximum Gasteiger partial charge on any atom is 0.417 e. The fourth-order valence-corrected chi connectivity index (χ4v) is 5.54. The molecule has 2 aromatic carbocycles. The number of carbonyl (C=O) groups is 2. The number of aromatic amines is 1. The number of oxazole rings is 1. The van der Waals surface area contributed by atoms with Crippen LogP contribution >= 0.6 is 0 Å². The Morgan fingerprint density at radius 1 is 1.08 bits per heavy atom. The van der Waals surface area contributed by atoms with Gasteiger partial charge in [0.1, 0.15) is 23.6 Å². The summed E-state index contributed by atoms with van der Waals surface area (Å²) in [4.78, 5) is 53.1. The van der Waals surface area contributed by atoms with Crippen molar-refractivity contribution >= 4 is 34.4 Å². The highest BCUT2D eigenvalue weighted by atomic mass is 16.5. The first kappa shape index (κ1) is 24.7. The number of ketones is 1. The van der Waals surface area contributed by atoms with E-state index < -0.39 is 5.76 Å². The lowest BCUT2D eigenvalue weighted by Gasteiger charge is -2.42. The molecule has 4 aromatic rings. The summed E-state index contributed by atoms with van der Waals surface area (Å²) in [5.74, 6) is 0.578. The predicted octanol–water partition coefficient (Wildman–Crippen LogP) is 3.60. The third-order valence-electron chi connectivity index (χ3n) is 7.59. The summed E-state index contributed by atoms with van der Waals surface area (Å²) in [5.41, 5.74) is 3.35. The van der Waals surface area contributed by atoms with Crippen molar-refractivity contribution in [2.75, 3.05) is 30.4 Å². The third-order valence-corrected chi connectivity index (χ3v) is 7.59. The average Bonchev–Trinajstić information content (AvgIpc) is 3.24. The molecule has 0 radical (unpaired) electrons. The molecule has 2 atom stereocenters. The van der Waals surface area contributed by atoms with E-state index in [1.807, 2.05) is 23.1 Å². The fourth-order valence-electron chi connectivity index (χ4n) is 5.54. The van der Waals surface area contributed by atoms with Gasteiger partial charge in [-0.25, -0.2) is 19.6 Å². The van der Waals surface area contributed by atoms with Crippen LogP contribution < -0.4 is 20.7 Å². The van der Waals surface area contributed by atoms with Gasteiger partial charge in [0, 0.05) is 42.5 Å². The monoisotopic (exact) mass is 528 g/mol. The zero-order valence-corrected chi connectivity index (χ0v) is 21.6. The van der Waals surface area contributed by atoms with Crippen molar-refractivity contribution in [1.29, 1.82) is 0 Å². The van der Waals surface area contributed by atoms with E-state index in [1.165, 1.54) is 12.4 Å². The summed E-state index contributed by atoms with van der Waals surface area (Å²) in [5, 5.41) is 3.06. The summed E-state index contributed by atoms with van der Waals surface area (Å²) < 4.78 is 10.4.